The molecule has 2 aromatic carbocycles. The molecule has 4 heteroatoms. The number of hydrogen-bond donors (Lipinski definition) is 0. The van der Waals surface area contributed by atoms with Crippen LogP contribution in [0.15, 0.2) is 36.4 Å². The lowest BCUT2D eigenvalue weighted by Gasteiger charge is -2.34. The van der Waals surface area contributed by atoms with Crippen LogP contribution in [-0.2, 0) is 12.8 Å². The van der Waals surface area contributed by atoms with Gasteiger partial charge in [0.15, 0.2) is 0 Å². The summed E-state index contributed by atoms with van der Waals surface area (Å²) in [6.07, 6.45) is 5.69. The summed E-state index contributed by atoms with van der Waals surface area (Å²) in [5.74, 6) is 0.754. The third-order valence-electron chi connectivity index (χ3n) is 6.17. The van der Waals surface area contributed by atoms with Gasteiger partial charge in [-0.3, -0.25) is 0 Å². The Morgan fingerprint density at radius 2 is 1.82 bits per heavy atom. The molecule has 0 spiro atoms. The molecule has 2 aliphatic rings. The van der Waals surface area contributed by atoms with Gasteiger partial charge in [0.1, 0.15) is 11.4 Å². The molecule has 0 aromatic heterocycles. The molecule has 2 aromatic rings. The van der Waals surface area contributed by atoms with E-state index >= 15 is 0 Å². The van der Waals surface area contributed by atoms with Gasteiger partial charge in [-0.15, -0.1) is 0 Å². The molecule has 0 N–H and O–H groups in total. The maximum Gasteiger partial charge on any atom is 0.138 e. The lowest BCUT2D eigenvalue weighted by atomic mass is 9.96. The minimum atomic E-state index is -0.988. The van der Waals surface area contributed by atoms with E-state index in [1.165, 1.54) is 23.1 Å². The highest BCUT2D eigenvalue weighted by molar-refractivity contribution is 6.34. The van der Waals surface area contributed by atoms with Gasteiger partial charge in [-0.25, -0.2) is 4.39 Å². The molecule has 1 fully saturated rings. The van der Waals surface area contributed by atoms with Gasteiger partial charge in [0.25, 0.3) is 0 Å². The van der Waals surface area contributed by atoms with Crippen LogP contribution in [0, 0.1) is 0 Å². The van der Waals surface area contributed by atoms with Crippen LogP contribution >= 0.6 is 11.6 Å². The summed E-state index contributed by atoms with van der Waals surface area (Å²) in [6, 6.07) is 12.6. The fourth-order valence-corrected chi connectivity index (χ4v) is 4.70. The van der Waals surface area contributed by atoms with Crippen molar-refractivity contribution in [3.8, 4) is 16.9 Å². The maximum atomic E-state index is 13.9. The molecule has 0 bridgehead atoms. The molecular weight excluding hydrogens is 373 g/mol. The van der Waals surface area contributed by atoms with Crippen LogP contribution in [0.3, 0.4) is 0 Å². The highest BCUT2D eigenvalue weighted by Gasteiger charge is 2.29. The van der Waals surface area contributed by atoms with E-state index in [4.69, 9.17) is 16.3 Å². The average molecular weight is 402 g/mol. The Bertz CT molecular complexity index is 825. The zero-order valence-electron chi connectivity index (χ0n) is 16.6. The highest BCUT2D eigenvalue weighted by atomic mass is 35.5. The van der Waals surface area contributed by atoms with Gasteiger partial charge in [0.2, 0.25) is 0 Å². The minimum absolute atomic E-state index is 0.624. The monoisotopic (exact) mass is 401 g/mol. The Morgan fingerprint density at radius 3 is 2.64 bits per heavy atom. The van der Waals surface area contributed by atoms with Crippen LogP contribution in [-0.4, -0.2) is 36.8 Å². The van der Waals surface area contributed by atoms with E-state index in [2.05, 4.69) is 29.2 Å². The molecule has 0 unspecified atom stereocenters. The van der Waals surface area contributed by atoms with Crippen LogP contribution in [0.2, 0.25) is 5.02 Å². The van der Waals surface area contributed by atoms with E-state index < -0.39 is 5.67 Å². The topological polar surface area (TPSA) is 12.5 Å². The Morgan fingerprint density at radius 1 is 1.07 bits per heavy atom. The summed E-state index contributed by atoms with van der Waals surface area (Å²) in [4.78, 5) is 2.33. The Labute approximate surface area is 172 Å². The van der Waals surface area contributed by atoms with Gasteiger partial charge >= 0.3 is 0 Å². The molecule has 0 saturated carbocycles. The first-order chi connectivity index (χ1) is 13.5. The number of likely N-dealkylation sites (tertiary alicyclic amines) is 1. The van der Waals surface area contributed by atoms with Crippen molar-refractivity contribution in [3.63, 3.8) is 0 Å². The zero-order chi connectivity index (χ0) is 19.6. The quantitative estimate of drug-likeness (QED) is 0.543. The number of piperidine rings is 1. The Hall–Kier alpha value is -1.58. The number of hydrogen-bond acceptors (Lipinski definition) is 2. The smallest absolute Gasteiger partial charge is 0.138 e. The fraction of sp³-hybridized carbons (Fsp3) is 0.500. The molecule has 4 rings (SSSR count). The molecule has 0 amide bonds. The van der Waals surface area contributed by atoms with E-state index in [1.54, 1.807) is 6.92 Å². The first-order valence-corrected chi connectivity index (χ1v) is 10.8. The van der Waals surface area contributed by atoms with Crippen LogP contribution < -0.4 is 4.74 Å². The van der Waals surface area contributed by atoms with Crippen LogP contribution in [0.4, 0.5) is 4.39 Å². The third kappa shape index (κ3) is 4.36. The van der Waals surface area contributed by atoms with E-state index in [0.29, 0.717) is 24.5 Å². The SMILES string of the molecule is CC1(F)CCN(CCCOc2cccc(-c3cccc4c3CCC4)c2Cl)CC1. The molecule has 1 aliphatic heterocycles. The molecule has 0 radical (unpaired) electrons. The van der Waals surface area contributed by atoms with Gasteiger partial charge < -0.3 is 9.64 Å². The number of halogens is 2. The van der Waals surface area contributed by atoms with Gasteiger partial charge in [0.05, 0.1) is 11.6 Å². The average Bonchev–Trinajstić information content (AvgIpc) is 3.16. The highest BCUT2D eigenvalue weighted by Crippen LogP contribution is 2.39. The van der Waals surface area contributed by atoms with Crippen molar-refractivity contribution in [3.05, 3.63) is 52.5 Å². The summed E-state index contributed by atoms with van der Waals surface area (Å²) in [5, 5.41) is 0.703. The summed E-state index contributed by atoms with van der Waals surface area (Å²) < 4.78 is 19.9. The first-order valence-electron chi connectivity index (χ1n) is 10.5. The Kier molecular flexibility index (Phi) is 5.93. The number of benzene rings is 2. The number of ether oxygens (including phenoxy) is 1. The predicted molar refractivity (Wildman–Crippen MR) is 114 cm³/mol. The van der Waals surface area contributed by atoms with Crippen molar-refractivity contribution in [1.29, 1.82) is 0 Å². The van der Waals surface area contributed by atoms with E-state index in [1.807, 2.05) is 12.1 Å². The Balaban J connectivity index is 1.36. The van der Waals surface area contributed by atoms with E-state index in [0.717, 1.165) is 50.2 Å². The molecular formula is C24H29ClFNO. The van der Waals surface area contributed by atoms with Crippen molar-refractivity contribution in [1.82, 2.24) is 4.90 Å². The summed E-state index contributed by atoms with van der Waals surface area (Å²) in [7, 11) is 0. The van der Waals surface area contributed by atoms with Gasteiger partial charge in [-0.2, -0.15) is 0 Å². The van der Waals surface area contributed by atoms with Crippen LogP contribution in [0.5, 0.6) is 5.75 Å². The van der Waals surface area contributed by atoms with Crippen molar-refractivity contribution in [2.24, 2.45) is 0 Å². The lowest BCUT2D eigenvalue weighted by Crippen LogP contribution is -2.40. The zero-order valence-corrected chi connectivity index (χ0v) is 17.4. The number of alkyl halides is 1. The summed E-state index contributed by atoms with van der Waals surface area (Å²) in [6.45, 7) is 4.95. The van der Waals surface area contributed by atoms with Crippen LogP contribution in [0.1, 0.15) is 43.7 Å². The number of rotatable bonds is 6. The minimum Gasteiger partial charge on any atom is -0.492 e. The van der Waals surface area contributed by atoms with Crippen molar-refractivity contribution in [2.45, 2.75) is 51.1 Å². The van der Waals surface area contributed by atoms with Gasteiger partial charge in [-0.1, -0.05) is 41.9 Å². The number of nitrogens with zero attached hydrogens (tertiary/aromatic N) is 1. The second-order valence-electron chi connectivity index (χ2n) is 8.37. The summed E-state index contributed by atoms with van der Waals surface area (Å²) >= 11 is 6.73. The van der Waals surface area contributed by atoms with Crippen molar-refractivity contribution in [2.75, 3.05) is 26.2 Å². The summed E-state index contributed by atoms with van der Waals surface area (Å²) in [5.41, 5.74) is 4.21. The molecule has 1 aliphatic carbocycles. The lowest BCUT2D eigenvalue weighted by molar-refractivity contribution is 0.0715. The normalized spacial score (nSPS) is 18.8. The predicted octanol–water partition coefficient (Wildman–Crippen LogP) is 6.09. The van der Waals surface area contributed by atoms with Gasteiger partial charge in [-0.05, 0) is 68.2 Å². The second-order valence-corrected chi connectivity index (χ2v) is 8.75. The first kappa shape index (κ1) is 19.7. The molecule has 0 atom stereocenters. The number of fused-ring (bicyclic) bond motifs is 1. The van der Waals surface area contributed by atoms with Gasteiger partial charge in [0, 0.05) is 25.2 Å². The molecule has 1 saturated heterocycles. The standard InChI is InChI=1S/C24H29ClFNO/c1-24(26)12-15-27(16-13-24)14-5-17-28-22-11-4-10-21(23(22)25)20-9-3-7-18-6-2-8-19(18)20/h3-4,7,9-11H,2,5-6,8,12-17H2,1H3. The van der Waals surface area contributed by atoms with Crippen LogP contribution in [0.25, 0.3) is 11.1 Å². The third-order valence-corrected chi connectivity index (χ3v) is 6.56. The fourth-order valence-electron chi connectivity index (χ4n) is 4.42. The largest absolute Gasteiger partial charge is 0.492 e. The van der Waals surface area contributed by atoms with E-state index in [-0.39, 0.29) is 0 Å². The van der Waals surface area contributed by atoms with Crippen molar-refractivity contribution >= 4 is 11.6 Å². The second kappa shape index (κ2) is 8.42. The van der Waals surface area contributed by atoms with Crippen molar-refractivity contribution < 1.29 is 9.13 Å². The maximum absolute atomic E-state index is 13.9. The number of aryl methyl sites for hydroxylation is 1. The molecule has 150 valence electrons. The molecule has 28 heavy (non-hydrogen) atoms. The van der Waals surface area contributed by atoms with E-state index in [9.17, 15) is 4.39 Å². The molecule has 2 nitrogen and oxygen atoms in total. The molecule has 1 heterocycles.